The second-order valence-corrected chi connectivity index (χ2v) is 4.34. The van der Waals surface area contributed by atoms with Gasteiger partial charge in [-0.1, -0.05) is 12.2 Å². The molecule has 0 amide bonds. The van der Waals surface area contributed by atoms with E-state index in [1.165, 1.54) is 0 Å². The van der Waals surface area contributed by atoms with E-state index in [2.05, 4.69) is 0 Å². The predicted octanol–water partition coefficient (Wildman–Crippen LogP) is -3.53. The van der Waals surface area contributed by atoms with Gasteiger partial charge in [0.2, 0.25) is 0 Å². The van der Waals surface area contributed by atoms with Crippen molar-refractivity contribution in [1.82, 2.24) is 0 Å². The van der Waals surface area contributed by atoms with Crippen molar-refractivity contribution in [3.05, 3.63) is 72.3 Å². The third-order valence-electron chi connectivity index (χ3n) is 2.03. The van der Waals surface area contributed by atoms with Crippen LogP contribution in [0.4, 0.5) is 0 Å². The molecule has 0 aromatic heterocycles. The van der Waals surface area contributed by atoms with E-state index >= 15 is 0 Å². The highest BCUT2D eigenvalue weighted by atomic mass is 35.7. The summed E-state index contributed by atoms with van der Waals surface area (Å²) in [4.78, 5) is 0. The zero-order valence-electron chi connectivity index (χ0n) is 10.3. The van der Waals surface area contributed by atoms with Gasteiger partial charge in [-0.2, -0.15) is 0 Å². The molecule has 0 aromatic carbocycles. The Morgan fingerprint density at radius 2 is 1.50 bits per heavy atom. The van der Waals surface area contributed by atoms with Gasteiger partial charge in [0.25, 0.3) is 0 Å². The van der Waals surface area contributed by atoms with Crippen LogP contribution >= 0.6 is 0 Å². The van der Waals surface area contributed by atoms with Gasteiger partial charge in [-0.15, -0.1) is 10.2 Å². The Morgan fingerprint density at radius 1 is 0.900 bits per heavy atom. The number of hydrogen-bond acceptors (Lipinski definition) is 5. The minimum Gasteiger partial charge on any atom is -0.465 e. The second-order valence-electron chi connectivity index (χ2n) is 3.59. The van der Waals surface area contributed by atoms with Crippen molar-refractivity contribution in [3.63, 3.8) is 0 Å². The molecule has 2 rings (SSSR count). The minimum atomic E-state index is -4.94. The minimum absolute atomic E-state index is 0.775. The fourth-order valence-corrected chi connectivity index (χ4v) is 1.23. The van der Waals surface area contributed by atoms with E-state index in [1.54, 1.807) is 6.26 Å². The lowest BCUT2D eigenvalue weighted by Gasteiger charge is -2.17. The average Bonchev–Trinajstić information content (AvgIpc) is 2.37. The number of nitrogens with two attached hydrogens (primary N) is 1. The van der Waals surface area contributed by atoms with Gasteiger partial charge in [-0.05, 0) is 36.0 Å². The molecule has 7 heteroatoms. The maximum absolute atomic E-state index is 8.49. The molecule has 0 aromatic rings. The molecular formula is C13H12ClNO5. The normalized spacial score (nSPS) is 18.7. The number of hydrogen-bond donors (Lipinski definition) is 1. The summed E-state index contributed by atoms with van der Waals surface area (Å²) in [6, 6.07) is 0. The van der Waals surface area contributed by atoms with Crippen molar-refractivity contribution in [1.29, 1.82) is 0 Å². The molecule has 106 valence electrons. The Hall–Kier alpha value is -1.96. The van der Waals surface area contributed by atoms with Crippen LogP contribution < -0.4 is 24.0 Å². The van der Waals surface area contributed by atoms with E-state index in [-0.39, 0.29) is 0 Å². The molecule has 1 aliphatic carbocycles. The van der Waals surface area contributed by atoms with Crippen molar-refractivity contribution in [2.24, 2.45) is 0 Å². The quantitative estimate of drug-likeness (QED) is 0.536. The smallest absolute Gasteiger partial charge is 0.196 e. The zero-order valence-corrected chi connectivity index (χ0v) is 11.0. The van der Waals surface area contributed by atoms with Crippen molar-refractivity contribution in [2.75, 3.05) is 0 Å². The third kappa shape index (κ3) is 8.20. The summed E-state index contributed by atoms with van der Waals surface area (Å²) in [6.45, 7) is 0. The van der Waals surface area contributed by atoms with E-state index in [1.807, 2.05) is 54.7 Å². The van der Waals surface area contributed by atoms with Crippen LogP contribution in [-0.2, 0) is 4.74 Å². The van der Waals surface area contributed by atoms with Gasteiger partial charge in [-0.25, -0.2) is 18.6 Å². The molecule has 2 aliphatic rings. The summed E-state index contributed by atoms with van der Waals surface area (Å²) in [5.74, 6) is 0.828. The molecule has 1 heterocycles. The van der Waals surface area contributed by atoms with Crippen LogP contribution in [0.25, 0.3) is 0 Å². The number of halogens is 1. The standard InChI is InChI=1S/C13H11NO.ClHO4/c14-12-7-4-11(5-8-12)6-9-13-3-1-2-10-15-13;2-1(3,4)5/h1-10,14H;(H,2,3,4,5)/b11-6?,13-9+,14-12?;. The van der Waals surface area contributed by atoms with Gasteiger partial charge in [-0.3, -0.25) is 5.41 Å². The molecule has 1 aliphatic heterocycles. The molecule has 0 saturated heterocycles. The van der Waals surface area contributed by atoms with Crippen LogP contribution in [0, 0.1) is 10.2 Å². The molecule has 0 spiro atoms. The number of ether oxygens (including phenoxy) is 1. The summed E-state index contributed by atoms with van der Waals surface area (Å²) >= 11 is 0. The molecule has 20 heavy (non-hydrogen) atoms. The molecule has 2 N–H and O–H groups in total. The van der Waals surface area contributed by atoms with Crippen LogP contribution in [0.15, 0.2) is 72.3 Å². The first-order valence-electron chi connectivity index (χ1n) is 5.37. The molecule has 0 radical (unpaired) electrons. The SMILES string of the molecule is [NH2+]=C1C=CC(=C/C=C2\C=CC=CO2)C=C1.[O-][Cl+3]([O-])([O-])[O-]. The monoisotopic (exact) mass is 297 g/mol. The van der Waals surface area contributed by atoms with Gasteiger partial charge in [0, 0.05) is 12.2 Å². The number of allylic oxidation sites excluding steroid dienone is 10. The van der Waals surface area contributed by atoms with Crippen molar-refractivity contribution < 1.29 is 39.0 Å². The van der Waals surface area contributed by atoms with Crippen molar-refractivity contribution >= 4 is 5.71 Å². The van der Waals surface area contributed by atoms with Crippen LogP contribution in [0.1, 0.15) is 0 Å². The van der Waals surface area contributed by atoms with Crippen molar-refractivity contribution in [2.45, 2.75) is 0 Å². The Kier molecular flexibility index (Phi) is 6.10. The molecule has 0 fully saturated rings. The van der Waals surface area contributed by atoms with E-state index in [0.29, 0.717) is 0 Å². The molecule has 0 saturated carbocycles. The maximum Gasteiger partial charge on any atom is 0.196 e. The summed E-state index contributed by atoms with van der Waals surface area (Å²) < 4.78 is 39.2. The summed E-state index contributed by atoms with van der Waals surface area (Å²) in [6.07, 6.45) is 18.9. The maximum atomic E-state index is 8.49. The Morgan fingerprint density at radius 3 is 2.00 bits per heavy atom. The Labute approximate surface area is 117 Å². The third-order valence-corrected chi connectivity index (χ3v) is 2.03. The topological polar surface area (TPSA) is 127 Å². The van der Waals surface area contributed by atoms with Gasteiger partial charge in [0.05, 0.1) is 6.26 Å². The summed E-state index contributed by atoms with van der Waals surface area (Å²) in [7, 11) is -4.94. The van der Waals surface area contributed by atoms with E-state index in [0.717, 1.165) is 17.0 Å². The molecule has 6 nitrogen and oxygen atoms in total. The highest BCUT2D eigenvalue weighted by molar-refractivity contribution is 6.01. The Balaban J connectivity index is 0.000000347. The van der Waals surface area contributed by atoms with E-state index in [9.17, 15) is 0 Å². The lowest BCUT2D eigenvalue weighted by molar-refractivity contribution is -2.00. The lowest BCUT2D eigenvalue weighted by atomic mass is 10.1. The average molecular weight is 298 g/mol. The molecular weight excluding hydrogens is 286 g/mol. The first kappa shape index (κ1) is 16.1. The lowest BCUT2D eigenvalue weighted by Crippen LogP contribution is -2.68. The second kappa shape index (κ2) is 7.59. The largest absolute Gasteiger partial charge is 0.465 e. The first-order chi connectivity index (χ1) is 9.34. The highest BCUT2D eigenvalue weighted by Gasteiger charge is 1.98. The van der Waals surface area contributed by atoms with Crippen LogP contribution in [0.3, 0.4) is 0 Å². The molecule has 0 unspecified atom stereocenters. The number of rotatable bonds is 1. The van der Waals surface area contributed by atoms with Crippen LogP contribution in [0.2, 0.25) is 0 Å². The fraction of sp³-hybridized carbons (Fsp3) is 0. The highest BCUT2D eigenvalue weighted by Crippen LogP contribution is 2.10. The van der Waals surface area contributed by atoms with Gasteiger partial charge >= 0.3 is 0 Å². The van der Waals surface area contributed by atoms with E-state index in [4.69, 9.17) is 28.8 Å². The fourth-order valence-electron chi connectivity index (χ4n) is 1.23. The van der Waals surface area contributed by atoms with Gasteiger partial charge in [0.15, 0.2) is 5.71 Å². The van der Waals surface area contributed by atoms with E-state index < -0.39 is 10.2 Å². The van der Waals surface area contributed by atoms with Crippen LogP contribution in [-0.4, -0.2) is 5.71 Å². The summed E-state index contributed by atoms with van der Waals surface area (Å²) in [5.41, 5.74) is 1.87. The Bertz CT molecular complexity index is 511. The molecule has 0 bridgehead atoms. The van der Waals surface area contributed by atoms with Gasteiger partial charge in [0.1, 0.15) is 5.76 Å². The zero-order chi connectivity index (χ0) is 15.0. The molecule has 0 atom stereocenters. The predicted molar refractivity (Wildman–Crippen MR) is 60.7 cm³/mol. The van der Waals surface area contributed by atoms with Gasteiger partial charge < -0.3 is 4.74 Å². The summed E-state index contributed by atoms with van der Waals surface area (Å²) in [5, 5.41) is 5.59. The first-order valence-corrected chi connectivity index (χ1v) is 6.60. The van der Waals surface area contributed by atoms with Crippen LogP contribution in [0.5, 0.6) is 0 Å². The van der Waals surface area contributed by atoms with Crippen molar-refractivity contribution in [3.8, 4) is 0 Å².